The van der Waals surface area contributed by atoms with E-state index in [1.807, 2.05) is 68.4 Å². The molecule has 0 saturated carbocycles. The number of urea groups is 1. The minimum Gasteiger partial charge on any atom is -0.307 e. The number of para-hydroxylation sites is 2. The van der Waals surface area contributed by atoms with Gasteiger partial charge in [-0.2, -0.15) is 0 Å². The van der Waals surface area contributed by atoms with Crippen LogP contribution in [0.4, 0.5) is 27.5 Å². The van der Waals surface area contributed by atoms with Crippen molar-refractivity contribution in [2.45, 2.75) is 28.5 Å². The molecule has 5 rings (SSSR count). The van der Waals surface area contributed by atoms with Crippen LogP contribution in [0.3, 0.4) is 0 Å². The van der Waals surface area contributed by atoms with Crippen molar-refractivity contribution in [1.82, 2.24) is 0 Å². The number of nitrogens with one attached hydrogen (secondary N) is 2. The zero-order valence-electron chi connectivity index (χ0n) is 19.1. The summed E-state index contributed by atoms with van der Waals surface area (Å²) >= 11 is 1.62. The Kier molecular flexibility index (Phi) is 6.00. The normalized spacial score (nSPS) is 12.5. The Bertz CT molecular complexity index is 1470. The molecule has 0 radical (unpaired) electrons. The van der Waals surface area contributed by atoms with E-state index in [9.17, 15) is 13.2 Å². The SMILES string of the molecule is Cc1cc(C)cc(NS(=O)(=O)c2ccc(NC(=O)N3c4ccccc4Sc4ccccc43)cc2)c1. The van der Waals surface area contributed by atoms with Crippen LogP contribution in [-0.2, 0) is 10.0 Å². The third kappa shape index (κ3) is 4.76. The highest BCUT2D eigenvalue weighted by Crippen LogP contribution is 2.48. The molecule has 176 valence electrons. The van der Waals surface area contributed by atoms with E-state index < -0.39 is 10.0 Å². The van der Waals surface area contributed by atoms with E-state index >= 15 is 0 Å². The van der Waals surface area contributed by atoms with Crippen LogP contribution in [0.25, 0.3) is 0 Å². The number of hydrogen-bond donors (Lipinski definition) is 2. The van der Waals surface area contributed by atoms with Crippen LogP contribution >= 0.6 is 11.8 Å². The maximum absolute atomic E-state index is 13.4. The first-order chi connectivity index (χ1) is 16.8. The number of hydrogen-bond acceptors (Lipinski definition) is 4. The fourth-order valence-corrected chi connectivity index (χ4v) is 6.17. The lowest BCUT2D eigenvalue weighted by Gasteiger charge is -2.31. The number of aryl methyl sites for hydroxylation is 2. The molecule has 0 aliphatic carbocycles. The van der Waals surface area contributed by atoms with E-state index in [1.165, 1.54) is 12.1 Å². The van der Waals surface area contributed by atoms with Crippen molar-refractivity contribution in [2.75, 3.05) is 14.9 Å². The molecule has 0 fully saturated rings. The van der Waals surface area contributed by atoms with E-state index in [0.717, 1.165) is 32.3 Å². The first kappa shape index (κ1) is 23.0. The standard InChI is InChI=1S/C27H23N3O3S2/c1-18-15-19(2)17-21(16-18)29-35(32,33)22-13-11-20(12-14-22)28-27(31)30-23-7-3-5-9-25(23)34-26-10-6-4-8-24(26)30/h3-17,29H,1-2H3,(H,28,31). The Labute approximate surface area is 209 Å². The van der Waals surface area contributed by atoms with Gasteiger partial charge in [-0.15, -0.1) is 0 Å². The number of carbonyl (C=O) groups excluding carboxylic acids is 1. The van der Waals surface area contributed by atoms with E-state index in [-0.39, 0.29) is 10.9 Å². The maximum Gasteiger partial charge on any atom is 0.331 e. The average molecular weight is 502 g/mol. The fraction of sp³-hybridized carbons (Fsp3) is 0.0741. The quantitative estimate of drug-likeness (QED) is 0.317. The molecule has 0 bridgehead atoms. The molecule has 1 aliphatic rings. The Morgan fingerprint density at radius 2 is 1.29 bits per heavy atom. The lowest BCUT2D eigenvalue weighted by molar-refractivity contribution is 0.259. The van der Waals surface area contributed by atoms with Crippen molar-refractivity contribution in [3.8, 4) is 0 Å². The number of rotatable bonds is 4. The van der Waals surface area contributed by atoms with Gasteiger partial charge in [0.1, 0.15) is 0 Å². The Hall–Kier alpha value is -3.75. The molecule has 6 nitrogen and oxygen atoms in total. The second-order valence-electron chi connectivity index (χ2n) is 8.31. The van der Waals surface area contributed by atoms with E-state index in [4.69, 9.17) is 0 Å². The lowest BCUT2D eigenvalue weighted by atomic mass is 10.1. The van der Waals surface area contributed by atoms with Crippen LogP contribution < -0.4 is 14.9 Å². The van der Waals surface area contributed by atoms with Crippen LogP contribution in [-0.4, -0.2) is 14.4 Å². The molecule has 4 aromatic carbocycles. The zero-order valence-corrected chi connectivity index (χ0v) is 20.8. The summed E-state index contributed by atoms with van der Waals surface area (Å²) in [5.74, 6) is 0. The Balaban J connectivity index is 1.37. The number of nitrogens with zero attached hydrogens (tertiary/aromatic N) is 1. The summed E-state index contributed by atoms with van der Waals surface area (Å²) in [4.78, 5) is 17.1. The van der Waals surface area contributed by atoms with Crippen LogP contribution in [0.2, 0.25) is 0 Å². The first-order valence-corrected chi connectivity index (χ1v) is 13.3. The van der Waals surface area contributed by atoms with Gasteiger partial charge in [-0.1, -0.05) is 42.1 Å². The van der Waals surface area contributed by atoms with Gasteiger partial charge in [-0.05, 0) is 85.6 Å². The van der Waals surface area contributed by atoms with Gasteiger partial charge in [-0.3, -0.25) is 9.62 Å². The second kappa shape index (κ2) is 9.13. The molecule has 1 aliphatic heterocycles. The zero-order chi connectivity index (χ0) is 24.6. The van der Waals surface area contributed by atoms with Gasteiger partial charge in [0.2, 0.25) is 0 Å². The number of sulfonamides is 1. The lowest BCUT2D eigenvalue weighted by Crippen LogP contribution is -2.32. The highest BCUT2D eigenvalue weighted by Gasteiger charge is 2.28. The second-order valence-corrected chi connectivity index (χ2v) is 11.1. The summed E-state index contributed by atoms with van der Waals surface area (Å²) in [7, 11) is -3.77. The van der Waals surface area contributed by atoms with Crippen molar-refractivity contribution >= 4 is 50.6 Å². The van der Waals surface area contributed by atoms with E-state index in [1.54, 1.807) is 40.9 Å². The number of carbonyl (C=O) groups is 1. The van der Waals surface area contributed by atoms with Gasteiger partial charge < -0.3 is 5.32 Å². The molecule has 4 aromatic rings. The fourth-order valence-electron chi connectivity index (χ4n) is 4.07. The van der Waals surface area contributed by atoms with Crippen LogP contribution in [0.1, 0.15) is 11.1 Å². The summed E-state index contributed by atoms with van der Waals surface area (Å²) < 4.78 is 28.4. The summed E-state index contributed by atoms with van der Waals surface area (Å²) in [5.41, 5.74) is 4.55. The molecule has 0 atom stereocenters. The third-order valence-corrected chi connectivity index (χ3v) is 8.05. The molecule has 0 spiro atoms. The average Bonchev–Trinajstić information content (AvgIpc) is 2.81. The number of benzene rings is 4. The van der Waals surface area contributed by atoms with E-state index in [0.29, 0.717) is 11.4 Å². The van der Waals surface area contributed by atoms with Crippen LogP contribution in [0, 0.1) is 13.8 Å². The smallest absolute Gasteiger partial charge is 0.307 e. The van der Waals surface area contributed by atoms with Gasteiger partial charge in [0, 0.05) is 21.2 Å². The molecule has 35 heavy (non-hydrogen) atoms. The number of fused-ring (bicyclic) bond motifs is 2. The Morgan fingerprint density at radius 1 is 0.743 bits per heavy atom. The molecule has 8 heteroatoms. The molecular formula is C27H23N3O3S2. The van der Waals surface area contributed by atoms with Crippen molar-refractivity contribution in [2.24, 2.45) is 0 Å². The van der Waals surface area contributed by atoms with Crippen molar-refractivity contribution in [1.29, 1.82) is 0 Å². The summed E-state index contributed by atoms with van der Waals surface area (Å²) in [6.07, 6.45) is 0. The Morgan fingerprint density at radius 3 is 1.86 bits per heavy atom. The molecule has 1 heterocycles. The van der Waals surface area contributed by atoms with Gasteiger partial charge >= 0.3 is 6.03 Å². The minimum atomic E-state index is -3.77. The summed E-state index contributed by atoms with van der Waals surface area (Å²) in [6.45, 7) is 3.83. The highest BCUT2D eigenvalue weighted by atomic mass is 32.2. The van der Waals surface area contributed by atoms with Crippen LogP contribution in [0.5, 0.6) is 0 Å². The number of anilines is 4. The summed E-state index contributed by atoms with van der Waals surface area (Å²) in [5, 5.41) is 2.90. The molecule has 2 N–H and O–H groups in total. The minimum absolute atomic E-state index is 0.111. The largest absolute Gasteiger partial charge is 0.331 e. The van der Waals surface area contributed by atoms with Crippen molar-refractivity contribution in [3.05, 3.63) is 102 Å². The van der Waals surface area contributed by atoms with Crippen LogP contribution in [0.15, 0.2) is 106 Å². The van der Waals surface area contributed by atoms with Crippen molar-refractivity contribution < 1.29 is 13.2 Å². The highest BCUT2D eigenvalue weighted by molar-refractivity contribution is 7.99. The molecule has 0 unspecified atom stereocenters. The predicted molar refractivity (Wildman–Crippen MR) is 141 cm³/mol. The monoisotopic (exact) mass is 501 g/mol. The summed E-state index contributed by atoms with van der Waals surface area (Å²) in [6, 6.07) is 26.8. The predicted octanol–water partition coefficient (Wildman–Crippen LogP) is 6.94. The third-order valence-electron chi connectivity index (χ3n) is 5.53. The van der Waals surface area contributed by atoms with Gasteiger partial charge in [0.15, 0.2) is 0 Å². The topological polar surface area (TPSA) is 78.5 Å². The first-order valence-electron chi connectivity index (χ1n) is 11.0. The van der Waals surface area contributed by atoms with Gasteiger partial charge in [-0.25, -0.2) is 13.2 Å². The maximum atomic E-state index is 13.4. The molecular weight excluding hydrogens is 478 g/mol. The molecule has 0 aromatic heterocycles. The van der Waals surface area contributed by atoms with Crippen molar-refractivity contribution in [3.63, 3.8) is 0 Å². The van der Waals surface area contributed by atoms with Gasteiger partial charge in [0.25, 0.3) is 10.0 Å². The van der Waals surface area contributed by atoms with E-state index in [2.05, 4.69) is 10.0 Å². The van der Waals surface area contributed by atoms with Gasteiger partial charge in [0.05, 0.1) is 16.3 Å². The molecule has 2 amide bonds. The molecule has 0 saturated heterocycles. The number of amides is 2.